The van der Waals surface area contributed by atoms with E-state index in [1.807, 2.05) is 0 Å². The maximum Gasteiger partial charge on any atom is 0.291 e. The molecule has 0 aliphatic rings. The zero-order chi connectivity index (χ0) is 13.1. The van der Waals surface area contributed by atoms with Crippen LogP contribution in [0.5, 0.6) is 5.75 Å². The Morgan fingerprint density at radius 2 is 2.17 bits per heavy atom. The average Bonchev–Trinajstić information content (AvgIpc) is 2.78. The molecule has 0 atom stereocenters. The number of rotatable bonds is 3. The van der Waals surface area contributed by atoms with E-state index >= 15 is 0 Å². The topological polar surface area (TPSA) is 51.5 Å². The van der Waals surface area contributed by atoms with Gasteiger partial charge in [0.1, 0.15) is 5.75 Å². The number of hydrogen-bond donors (Lipinski definition) is 1. The fourth-order valence-corrected chi connectivity index (χ4v) is 1.87. The fourth-order valence-electron chi connectivity index (χ4n) is 1.37. The van der Waals surface area contributed by atoms with Crippen molar-refractivity contribution in [2.45, 2.75) is 0 Å². The minimum atomic E-state index is -0.343. The predicted octanol–water partition coefficient (Wildman–Crippen LogP) is 3.96. The third kappa shape index (κ3) is 2.86. The van der Waals surface area contributed by atoms with Crippen LogP contribution in [-0.4, -0.2) is 13.0 Å². The van der Waals surface area contributed by atoms with Gasteiger partial charge in [0.15, 0.2) is 10.4 Å². The number of amides is 1. The van der Waals surface area contributed by atoms with Crippen LogP contribution >= 0.6 is 27.5 Å². The quantitative estimate of drug-likeness (QED) is 0.927. The van der Waals surface area contributed by atoms with Crippen LogP contribution in [0.1, 0.15) is 10.6 Å². The molecule has 1 heterocycles. The summed E-state index contributed by atoms with van der Waals surface area (Å²) in [6, 6.07) is 8.19. The van der Waals surface area contributed by atoms with Crippen molar-refractivity contribution < 1.29 is 13.9 Å². The smallest absolute Gasteiger partial charge is 0.291 e. The largest absolute Gasteiger partial charge is 0.495 e. The second-order valence-corrected chi connectivity index (χ2v) is 4.60. The minimum Gasteiger partial charge on any atom is -0.495 e. The average molecular weight is 331 g/mol. The van der Waals surface area contributed by atoms with Crippen LogP contribution < -0.4 is 10.1 Å². The Kier molecular flexibility index (Phi) is 3.93. The molecule has 4 nitrogen and oxygen atoms in total. The van der Waals surface area contributed by atoms with Crippen molar-refractivity contribution in [3.8, 4) is 5.75 Å². The second-order valence-electron chi connectivity index (χ2n) is 3.41. The summed E-state index contributed by atoms with van der Waals surface area (Å²) in [5.74, 6) is 0.371. The predicted molar refractivity (Wildman–Crippen MR) is 72.4 cm³/mol. The molecule has 0 radical (unpaired) electrons. The van der Waals surface area contributed by atoms with Crippen molar-refractivity contribution in [2.24, 2.45) is 0 Å². The van der Waals surface area contributed by atoms with E-state index in [-0.39, 0.29) is 11.7 Å². The van der Waals surface area contributed by atoms with E-state index < -0.39 is 0 Å². The molecule has 0 bridgehead atoms. The van der Waals surface area contributed by atoms with Crippen LogP contribution in [0.25, 0.3) is 0 Å². The number of nitrogens with one attached hydrogen (secondary N) is 1. The lowest BCUT2D eigenvalue weighted by atomic mass is 10.3. The highest BCUT2D eigenvalue weighted by Gasteiger charge is 2.11. The lowest BCUT2D eigenvalue weighted by Crippen LogP contribution is -2.10. The minimum absolute atomic E-state index is 0.218. The van der Waals surface area contributed by atoms with Gasteiger partial charge in [0.25, 0.3) is 5.91 Å². The molecule has 1 aromatic carbocycles. The van der Waals surface area contributed by atoms with Gasteiger partial charge in [-0.05, 0) is 40.2 Å². The maximum absolute atomic E-state index is 11.8. The molecule has 0 unspecified atom stereocenters. The summed E-state index contributed by atoms with van der Waals surface area (Å²) < 4.78 is 10.7. The molecular weight excluding hydrogens is 321 g/mol. The number of ether oxygens (including phenoxy) is 1. The van der Waals surface area contributed by atoms with Gasteiger partial charge in [0.2, 0.25) is 0 Å². The van der Waals surface area contributed by atoms with Crippen molar-refractivity contribution >= 4 is 39.1 Å². The summed E-state index contributed by atoms with van der Waals surface area (Å²) in [7, 11) is 1.51. The molecular formula is C12H9BrClNO3. The van der Waals surface area contributed by atoms with Gasteiger partial charge in [-0.1, -0.05) is 11.6 Å². The second kappa shape index (κ2) is 5.46. The summed E-state index contributed by atoms with van der Waals surface area (Å²) in [6.45, 7) is 0. The van der Waals surface area contributed by atoms with Gasteiger partial charge >= 0.3 is 0 Å². The van der Waals surface area contributed by atoms with Crippen molar-refractivity contribution in [1.29, 1.82) is 0 Å². The van der Waals surface area contributed by atoms with E-state index in [1.165, 1.54) is 7.11 Å². The molecule has 1 N–H and O–H groups in total. The standard InChI is InChI=1S/C12H9BrClNO3/c1-17-10-6-7(2-3-8(10)14)15-12(16)9-4-5-11(13)18-9/h2-6H,1H3,(H,15,16). The normalized spacial score (nSPS) is 10.2. The number of carbonyl (C=O) groups excluding carboxylic acids is 1. The first kappa shape index (κ1) is 13.0. The highest BCUT2D eigenvalue weighted by molar-refractivity contribution is 9.10. The van der Waals surface area contributed by atoms with Gasteiger partial charge in [0.05, 0.1) is 12.1 Å². The van der Waals surface area contributed by atoms with Gasteiger partial charge in [-0.3, -0.25) is 4.79 Å². The molecule has 0 aliphatic carbocycles. The van der Waals surface area contributed by atoms with Gasteiger partial charge in [-0.15, -0.1) is 0 Å². The van der Waals surface area contributed by atoms with Crippen molar-refractivity contribution in [1.82, 2.24) is 0 Å². The molecule has 0 aliphatic heterocycles. The Hall–Kier alpha value is -1.46. The molecule has 0 fully saturated rings. The summed E-state index contributed by atoms with van der Waals surface area (Å²) in [4.78, 5) is 11.8. The summed E-state index contributed by atoms with van der Waals surface area (Å²) >= 11 is 9.02. The molecule has 18 heavy (non-hydrogen) atoms. The Morgan fingerprint density at radius 1 is 1.39 bits per heavy atom. The lowest BCUT2D eigenvalue weighted by molar-refractivity contribution is 0.0995. The fraction of sp³-hybridized carbons (Fsp3) is 0.0833. The zero-order valence-corrected chi connectivity index (χ0v) is 11.7. The maximum atomic E-state index is 11.8. The number of methoxy groups -OCH3 is 1. The number of anilines is 1. The number of halogens is 2. The molecule has 6 heteroatoms. The first-order chi connectivity index (χ1) is 8.60. The van der Waals surface area contributed by atoms with Crippen molar-refractivity contribution in [3.63, 3.8) is 0 Å². The third-order valence-electron chi connectivity index (χ3n) is 2.21. The van der Waals surface area contributed by atoms with E-state index in [1.54, 1.807) is 30.3 Å². The van der Waals surface area contributed by atoms with E-state index in [4.69, 9.17) is 20.8 Å². The van der Waals surface area contributed by atoms with Gasteiger partial charge in [-0.2, -0.15) is 0 Å². The number of carbonyl (C=O) groups is 1. The van der Waals surface area contributed by atoms with Gasteiger partial charge in [-0.25, -0.2) is 0 Å². The Bertz CT molecular complexity index is 582. The van der Waals surface area contributed by atoms with E-state index in [0.717, 1.165) is 0 Å². The molecule has 0 saturated carbocycles. The van der Waals surface area contributed by atoms with Crippen molar-refractivity contribution in [2.75, 3.05) is 12.4 Å². The van der Waals surface area contributed by atoms with E-state index in [2.05, 4.69) is 21.2 Å². The highest BCUT2D eigenvalue weighted by Crippen LogP contribution is 2.27. The first-order valence-corrected chi connectivity index (χ1v) is 6.17. The summed E-state index contributed by atoms with van der Waals surface area (Å²) in [5.41, 5.74) is 0.578. The molecule has 1 amide bonds. The molecule has 0 spiro atoms. The van der Waals surface area contributed by atoms with Gasteiger partial charge in [0, 0.05) is 11.8 Å². The van der Waals surface area contributed by atoms with Crippen LogP contribution in [0.4, 0.5) is 5.69 Å². The van der Waals surface area contributed by atoms with Crippen LogP contribution in [0.15, 0.2) is 39.4 Å². The Labute approximate surface area is 117 Å². The number of benzene rings is 1. The molecule has 1 aromatic heterocycles. The van der Waals surface area contributed by atoms with Crippen LogP contribution in [-0.2, 0) is 0 Å². The van der Waals surface area contributed by atoms with E-state index in [0.29, 0.717) is 21.1 Å². The first-order valence-electron chi connectivity index (χ1n) is 5.00. The monoisotopic (exact) mass is 329 g/mol. The summed E-state index contributed by atoms with van der Waals surface area (Å²) in [6.07, 6.45) is 0. The molecule has 0 saturated heterocycles. The third-order valence-corrected chi connectivity index (χ3v) is 2.94. The van der Waals surface area contributed by atoms with E-state index in [9.17, 15) is 4.79 Å². The number of hydrogen-bond acceptors (Lipinski definition) is 3. The molecule has 2 aromatic rings. The number of furan rings is 1. The highest BCUT2D eigenvalue weighted by atomic mass is 79.9. The molecule has 2 rings (SSSR count). The van der Waals surface area contributed by atoms with Gasteiger partial charge < -0.3 is 14.5 Å². The Balaban J connectivity index is 2.16. The van der Waals surface area contributed by atoms with Crippen LogP contribution in [0.3, 0.4) is 0 Å². The Morgan fingerprint density at radius 3 is 2.78 bits per heavy atom. The SMILES string of the molecule is COc1cc(NC(=O)c2ccc(Br)o2)ccc1Cl. The lowest BCUT2D eigenvalue weighted by Gasteiger charge is -2.07. The zero-order valence-electron chi connectivity index (χ0n) is 9.37. The summed E-state index contributed by atoms with van der Waals surface area (Å²) in [5, 5.41) is 3.16. The molecule has 94 valence electrons. The van der Waals surface area contributed by atoms with Crippen LogP contribution in [0, 0.1) is 0 Å². The van der Waals surface area contributed by atoms with Crippen LogP contribution in [0.2, 0.25) is 5.02 Å². The van der Waals surface area contributed by atoms with Crippen molar-refractivity contribution in [3.05, 3.63) is 45.8 Å².